The van der Waals surface area contributed by atoms with E-state index in [0.29, 0.717) is 12.2 Å². The lowest BCUT2D eigenvalue weighted by Crippen LogP contribution is -2.15. The summed E-state index contributed by atoms with van der Waals surface area (Å²) in [6.45, 7) is 3.69. The molecule has 1 aromatic rings. The van der Waals surface area contributed by atoms with Gasteiger partial charge in [-0.3, -0.25) is 4.79 Å². The lowest BCUT2D eigenvalue weighted by Gasteiger charge is -2.04. The quantitative estimate of drug-likeness (QED) is 0.785. The molecule has 0 aromatic carbocycles. The number of carbonyl (C=O) groups is 1. The summed E-state index contributed by atoms with van der Waals surface area (Å²) in [4.78, 5) is 14.9. The van der Waals surface area contributed by atoms with Crippen molar-refractivity contribution in [2.75, 3.05) is 0 Å². The Balaban J connectivity index is 2.68. The molecule has 82 valence electrons. The highest BCUT2D eigenvalue weighted by Gasteiger charge is 2.13. The summed E-state index contributed by atoms with van der Waals surface area (Å²) >= 11 is 0. The van der Waals surface area contributed by atoms with E-state index in [1.165, 1.54) is 0 Å². The topological polar surface area (TPSA) is 76.0 Å². The number of hydrogen-bond donors (Lipinski definition) is 1. The molecule has 1 rings (SSSR count). The van der Waals surface area contributed by atoms with Crippen molar-refractivity contribution in [1.29, 1.82) is 0 Å². The minimum Gasteiger partial charge on any atom is -0.481 e. The molecular weight excluding hydrogens is 194 g/mol. The Morgan fingerprint density at radius 1 is 1.60 bits per heavy atom. The fraction of sp³-hybridized carbons (Fsp3) is 0.600. The van der Waals surface area contributed by atoms with E-state index in [4.69, 9.17) is 5.11 Å². The predicted octanol–water partition coefficient (Wildman–Crippen LogP) is 1.09. The minimum absolute atomic E-state index is 0.333. The molecular formula is C10H15N3O2. The van der Waals surface area contributed by atoms with E-state index >= 15 is 0 Å². The van der Waals surface area contributed by atoms with Crippen molar-refractivity contribution in [2.24, 2.45) is 5.92 Å². The predicted molar refractivity (Wildman–Crippen MR) is 54.3 cm³/mol. The average Bonchev–Trinajstić information content (AvgIpc) is 2.18. The second-order valence-electron chi connectivity index (χ2n) is 3.56. The molecule has 0 saturated heterocycles. The van der Waals surface area contributed by atoms with Crippen molar-refractivity contribution in [1.82, 2.24) is 15.2 Å². The van der Waals surface area contributed by atoms with Gasteiger partial charge in [-0.25, -0.2) is 4.98 Å². The third-order valence-electron chi connectivity index (χ3n) is 2.07. The molecule has 0 saturated carbocycles. The molecule has 0 aliphatic carbocycles. The van der Waals surface area contributed by atoms with Crippen LogP contribution in [0.1, 0.15) is 31.8 Å². The SMILES string of the molecule is CCCc1cnnc(CC(C)C(=O)O)n1. The van der Waals surface area contributed by atoms with Crippen molar-refractivity contribution >= 4 is 5.97 Å². The molecule has 0 amide bonds. The van der Waals surface area contributed by atoms with Crippen LogP contribution in [0, 0.1) is 5.92 Å². The van der Waals surface area contributed by atoms with Crippen molar-refractivity contribution in [3.05, 3.63) is 17.7 Å². The Morgan fingerprint density at radius 2 is 2.33 bits per heavy atom. The van der Waals surface area contributed by atoms with Crippen molar-refractivity contribution in [3.63, 3.8) is 0 Å². The molecule has 1 N–H and O–H groups in total. The summed E-state index contributed by atoms with van der Waals surface area (Å²) < 4.78 is 0. The van der Waals surface area contributed by atoms with E-state index in [1.807, 2.05) is 0 Å². The molecule has 1 atom stereocenters. The summed E-state index contributed by atoms with van der Waals surface area (Å²) in [6.07, 6.45) is 3.80. The zero-order valence-corrected chi connectivity index (χ0v) is 8.97. The number of aliphatic carboxylic acids is 1. The molecule has 0 bridgehead atoms. The van der Waals surface area contributed by atoms with Crippen LogP contribution in [0.4, 0.5) is 0 Å². The monoisotopic (exact) mass is 209 g/mol. The lowest BCUT2D eigenvalue weighted by atomic mass is 10.1. The smallest absolute Gasteiger partial charge is 0.306 e. The second-order valence-corrected chi connectivity index (χ2v) is 3.56. The summed E-state index contributed by atoms with van der Waals surface area (Å²) in [7, 11) is 0. The molecule has 5 heteroatoms. The Kier molecular flexibility index (Phi) is 4.15. The lowest BCUT2D eigenvalue weighted by molar-refractivity contribution is -0.141. The molecule has 0 fully saturated rings. The van der Waals surface area contributed by atoms with Crippen LogP contribution in [0.5, 0.6) is 0 Å². The Morgan fingerprint density at radius 3 is 2.93 bits per heavy atom. The van der Waals surface area contributed by atoms with E-state index in [9.17, 15) is 4.79 Å². The van der Waals surface area contributed by atoms with Gasteiger partial charge in [0.25, 0.3) is 0 Å². The van der Waals surface area contributed by atoms with Gasteiger partial charge in [-0.05, 0) is 6.42 Å². The highest BCUT2D eigenvalue weighted by atomic mass is 16.4. The van der Waals surface area contributed by atoms with Crippen LogP contribution < -0.4 is 0 Å². The van der Waals surface area contributed by atoms with Gasteiger partial charge in [-0.1, -0.05) is 20.3 Å². The number of hydrogen-bond acceptors (Lipinski definition) is 4. The molecule has 1 aromatic heterocycles. The number of aromatic nitrogens is 3. The number of rotatable bonds is 5. The maximum atomic E-state index is 10.6. The average molecular weight is 209 g/mol. The summed E-state index contributed by atoms with van der Waals surface area (Å²) in [6, 6.07) is 0. The number of carboxylic acid groups (broad SMARTS) is 1. The van der Waals surface area contributed by atoms with Gasteiger partial charge in [-0.2, -0.15) is 5.10 Å². The molecule has 0 radical (unpaired) electrons. The van der Waals surface area contributed by atoms with Crippen molar-refractivity contribution in [2.45, 2.75) is 33.1 Å². The Hall–Kier alpha value is -1.52. The normalized spacial score (nSPS) is 12.4. The Bertz CT molecular complexity index is 341. The van der Waals surface area contributed by atoms with E-state index < -0.39 is 11.9 Å². The largest absolute Gasteiger partial charge is 0.481 e. The zero-order chi connectivity index (χ0) is 11.3. The fourth-order valence-corrected chi connectivity index (χ4v) is 1.20. The van der Waals surface area contributed by atoms with Gasteiger partial charge in [0.2, 0.25) is 0 Å². The molecule has 15 heavy (non-hydrogen) atoms. The number of aryl methyl sites for hydroxylation is 1. The van der Waals surface area contributed by atoms with Crippen molar-refractivity contribution in [3.8, 4) is 0 Å². The van der Waals surface area contributed by atoms with Crippen LogP contribution in [-0.4, -0.2) is 26.3 Å². The van der Waals surface area contributed by atoms with E-state index in [1.54, 1.807) is 13.1 Å². The zero-order valence-electron chi connectivity index (χ0n) is 8.97. The van der Waals surface area contributed by atoms with Gasteiger partial charge in [0.05, 0.1) is 17.8 Å². The molecule has 0 aliphatic heterocycles. The van der Waals surface area contributed by atoms with Crippen LogP contribution >= 0.6 is 0 Å². The van der Waals surface area contributed by atoms with Crippen LogP contribution in [0.15, 0.2) is 6.20 Å². The first-order valence-electron chi connectivity index (χ1n) is 5.03. The van der Waals surface area contributed by atoms with Gasteiger partial charge in [-0.15, -0.1) is 5.10 Å². The highest BCUT2D eigenvalue weighted by Crippen LogP contribution is 2.04. The van der Waals surface area contributed by atoms with Crippen LogP contribution in [0.25, 0.3) is 0 Å². The first kappa shape index (κ1) is 11.6. The van der Waals surface area contributed by atoms with E-state index in [2.05, 4.69) is 22.1 Å². The van der Waals surface area contributed by atoms with E-state index in [0.717, 1.165) is 18.5 Å². The highest BCUT2D eigenvalue weighted by molar-refractivity contribution is 5.69. The number of nitrogens with zero attached hydrogens (tertiary/aromatic N) is 3. The molecule has 1 heterocycles. The van der Waals surface area contributed by atoms with E-state index in [-0.39, 0.29) is 0 Å². The second kappa shape index (κ2) is 5.38. The van der Waals surface area contributed by atoms with Gasteiger partial charge in [0.1, 0.15) is 0 Å². The minimum atomic E-state index is -0.834. The first-order chi connectivity index (χ1) is 7.13. The Labute approximate surface area is 88.6 Å². The van der Waals surface area contributed by atoms with Gasteiger partial charge in [0.15, 0.2) is 5.82 Å². The molecule has 1 unspecified atom stereocenters. The summed E-state index contributed by atoms with van der Waals surface area (Å²) in [5, 5.41) is 16.4. The molecule has 0 spiro atoms. The summed E-state index contributed by atoms with van der Waals surface area (Å²) in [5.74, 6) is -0.793. The van der Waals surface area contributed by atoms with Gasteiger partial charge in [0, 0.05) is 6.42 Å². The molecule has 5 nitrogen and oxygen atoms in total. The van der Waals surface area contributed by atoms with Gasteiger partial charge < -0.3 is 5.11 Å². The number of carboxylic acids is 1. The van der Waals surface area contributed by atoms with Gasteiger partial charge >= 0.3 is 5.97 Å². The van der Waals surface area contributed by atoms with Crippen LogP contribution in [-0.2, 0) is 17.6 Å². The maximum Gasteiger partial charge on any atom is 0.306 e. The summed E-state index contributed by atoms with van der Waals surface area (Å²) in [5.41, 5.74) is 0.875. The third-order valence-corrected chi connectivity index (χ3v) is 2.07. The first-order valence-corrected chi connectivity index (χ1v) is 5.03. The standard InChI is InChI=1S/C10H15N3O2/c1-3-4-8-6-11-13-9(12-8)5-7(2)10(14)15/h6-7H,3-5H2,1-2H3,(H,14,15). The third kappa shape index (κ3) is 3.61. The fourth-order valence-electron chi connectivity index (χ4n) is 1.20. The maximum absolute atomic E-state index is 10.6. The van der Waals surface area contributed by atoms with Crippen molar-refractivity contribution < 1.29 is 9.90 Å². The van der Waals surface area contributed by atoms with Crippen LogP contribution in [0.2, 0.25) is 0 Å². The van der Waals surface area contributed by atoms with Crippen LogP contribution in [0.3, 0.4) is 0 Å². The molecule has 0 aliphatic rings.